The van der Waals surface area contributed by atoms with E-state index in [-0.39, 0.29) is 6.42 Å². The number of carboxylic acids is 1. The van der Waals surface area contributed by atoms with Crippen molar-refractivity contribution >= 4 is 21.9 Å². The van der Waals surface area contributed by atoms with Crippen LogP contribution in [0.2, 0.25) is 0 Å². The van der Waals surface area contributed by atoms with Gasteiger partial charge in [-0.2, -0.15) is 0 Å². The molecule has 1 atom stereocenters. The van der Waals surface area contributed by atoms with Gasteiger partial charge in [-0.15, -0.1) is 0 Å². The smallest absolute Gasteiger partial charge is 0.306 e. The minimum absolute atomic E-state index is 0.348. The highest BCUT2D eigenvalue weighted by molar-refractivity contribution is 9.10. The molecule has 0 amide bonds. The molecule has 2 aromatic carbocycles. The zero-order valence-electron chi connectivity index (χ0n) is 11.4. The summed E-state index contributed by atoms with van der Waals surface area (Å²) < 4.78 is 6.60. The summed E-state index contributed by atoms with van der Waals surface area (Å²) >= 11 is 3.37. The second-order valence-electron chi connectivity index (χ2n) is 4.93. The van der Waals surface area contributed by atoms with E-state index in [1.807, 2.05) is 24.3 Å². The first-order chi connectivity index (χ1) is 9.87. The summed E-state index contributed by atoms with van der Waals surface area (Å²) in [6.45, 7) is 1.48. The van der Waals surface area contributed by atoms with Gasteiger partial charge in [0.1, 0.15) is 11.5 Å². The predicted octanol–water partition coefficient (Wildman–Crippen LogP) is 3.92. The van der Waals surface area contributed by atoms with E-state index in [4.69, 9.17) is 9.84 Å². The fourth-order valence-electron chi connectivity index (χ4n) is 1.95. The lowest BCUT2D eigenvalue weighted by Crippen LogP contribution is -2.24. The molecule has 0 aliphatic heterocycles. The number of hydrogen-bond donors (Lipinski definition) is 2. The minimum atomic E-state index is -1.40. The molecule has 2 rings (SSSR count). The molecule has 2 N–H and O–H groups in total. The van der Waals surface area contributed by atoms with Crippen LogP contribution in [0.5, 0.6) is 11.5 Å². The van der Waals surface area contributed by atoms with Gasteiger partial charge in [0.25, 0.3) is 0 Å². The molecule has 0 fully saturated rings. The van der Waals surface area contributed by atoms with Gasteiger partial charge in [-0.1, -0.05) is 34.1 Å². The van der Waals surface area contributed by atoms with Gasteiger partial charge in [0.2, 0.25) is 0 Å². The van der Waals surface area contributed by atoms with Gasteiger partial charge in [0.05, 0.1) is 12.0 Å². The number of aliphatic carboxylic acids is 1. The molecule has 0 aromatic heterocycles. The number of hydrogen-bond acceptors (Lipinski definition) is 3. The molecule has 0 aliphatic carbocycles. The average Bonchev–Trinajstić information content (AvgIpc) is 2.38. The van der Waals surface area contributed by atoms with Gasteiger partial charge in [-0.05, 0) is 42.8 Å². The van der Waals surface area contributed by atoms with E-state index in [2.05, 4.69) is 15.9 Å². The van der Waals surface area contributed by atoms with Gasteiger partial charge in [0, 0.05) is 4.47 Å². The van der Waals surface area contributed by atoms with E-state index in [9.17, 15) is 9.90 Å². The first kappa shape index (κ1) is 15.5. The van der Waals surface area contributed by atoms with Crippen molar-refractivity contribution in [3.63, 3.8) is 0 Å². The molecular weight excluding hydrogens is 336 g/mol. The Labute approximate surface area is 131 Å². The van der Waals surface area contributed by atoms with Crippen LogP contribution in [0.15, 0.2) is 53.0 Å². The first-order valence-corrected chi connectivity index (χ1v) is 7.14. The molecule has 1 unspecified atom stereocenters. The lowest BCUT2D eigenvalue weighted by molar-refractivity contribution is -0.142. The first-order valence-electron chi connectivity index (χ1n) is 6.35. The largest absolute Gasteiger partial charge is 0.481 e. The molecule has 0 saturated carbocycles. The number of halogens is 1. The molecule has 0 heterocycles. The van der Waals surface area contributed by atoms with E-state index >= 15 is 0 Å². The standard InChI is InChI=1S/C16H15BrO4/c1-16(20,10-15(18)19)11-5-7-13(8-6-11)21-14-4-2-3-12(17)9-14/h2-9,20H,10H2,1H3,(H,18,19). The second kappa shape index (κ2) is 6.28. The van der Waals surface area contributed by atoms with Gasteiger partial charge in [-0.25, -0.2) is 0 Å². The fourth-order valence-corrected chi connectivity index (χ4v) is 2.32. The van der Waals surface area contributed by atoms with E-state index in [0.717, 1.165) is 4.47 Å². The van der Waals surface area contributed by atoms with E-state index in [1.54, 1.807) is 24.3 Å². The van der Waals surface area contributed by atoms with Crippen LogP contribution >= 0.6 is 15.9 Å². The van der Waals surface area contributed by atoms with Crippen molar-refractivity contribution in [2.45, 2.75) is 18.9 Å². The third-order valence-electron chi connectivity index (χ3n) is 3.00. The highest BCUT2D eigenvalue weighted by atomic mass is 79.9. The Bertz CT molecular complexity index is 635. The predicted molar refractivity (Wildman–Crippen MR) is 82.5 cm³/mol. The zero-order chi connectivity index (χ0) is 15.5. The summed E-state index contributed by atoms with van der Waals surface area (Å²) in [5.74, 6) is 0.256. The molecule has 0 bridgehead atoms. The van der Waals surface area contributed by atoms with Crippen LogP contribution in [0.3, 0.4) is 0 Å². The maximum Gasteiger partial charge on any atom is 0.306 e. The molecule has 110 valence electrons. The molecule has 0 radical (unpaired) electrons. The van der Waals surface area contributed by atoms with Crippen molar-refractivity contribution in [3.05, 3.63) is 58.6 Å². The Morgan fingerprint density at radius 3 is 2.43 bits per heavy atom. The van der Waals surface area contributed by atoms with Gasteiger partial charge in [-0.3, -0.25) is 4.79 Å². The molecule has 0 saturated heterocycles. The summed E-state index contributed by atoms with van der Waals surface area (Å²) in [5, 5.41) is 18.9. The monoisotopic (exact) mass is 350 g/mol. The van der Waals surface area contributed by atoms with Crippen molar-refractivity contribution in [2.24, 2.45) is 0 Å². The normalized spacial score (nSPS) is 13.5. The fraction of sp³-hybridized carbons (Fsp3) is 0.188. The molecule has 5 heteroatoms. The highest BCUT2D eigenvalue weighted by Gasteiger charge is 2.26. The minimum Gasteiger partial charge on any atom is -0.481 e. The van der Waals surface area contributed by atoms with Gasteiger partial charge in [0.15, 0.2) is 0 Å². The number of aliphatic hydroxyl groups is 1. The summed E-state index contributed by atoms with van der Waals surface area (Å²) in [4.78, 5) is 10.7. The summed E-state index contributed by atoms with van der Waals surface area (Å²) in [6, 6.07) is 14.2. The van der Waals surface area contributed by atoms with Crippen LogP contribution < -0.4 is 4.74 Å². The summed E-state index contributed by atoms with van der Waals surface area (Å²) in [5.41, 5.74) is -0.869. The van der Waals surface area contributed by atoms with Crippen molar-refractivity contribution in [2.75, 3.05) is 0 Å². The number of carboxylic acid groups (broad SMARTS) is 1. The molecule has 21 heavy (non-hydrogen) atoms. The topological polar surface area (TPSA) is 66.8 Å². The quantitative estimate of drug-likeness (QED) is 0.857. The third kappa shape index (κ3) is 4.31. The van der Waals surface area contributed by atoms with Crippen molar-refractivity contribution in [1.29, 1.82) is 0 Å². The number of carbonyl (C=O) groups is 1. The third-order valence-corrected chi connectivity index (χ3v) is 3.50. The van der Waals surface area contributed by atoms with Crippen LogP contribution in [0.1, 0.15) is 18.9 Å². The van der Waals surface area contributed by atoms with E-state index in [1.165, 1.54) is 6.92 Å². The average molecular weight is 351 g/mol. The Balaban J connectivity index is 2.14. The highest BCUT2D eigenvalue weighted by Crippen LogP contribution is 2.29. The Morgan fingerprint density at radius 1 is 1.19 bits per heavy atom. The number of rotatable bonds is 5. The lowest BCUT2D eigenvalue weighted by atomic mass is 9.93. The van der Waals surface area contributed by atoms with Crippen molar-refractivity contribution in [1.82, 2.24) is 0 Å². The molecule has 0 spiro atoms. The lowest BCUT2D eigenvalue weighted by Gasteiger charge is -2.21. The molecule has 4 nitrogen and oxygen atoms in total. The zero-order valence-corrected chi connectivity index (χ0v) is 13.0. The van der Waals surface area contributed by atoms with Crippen LogP contribution in [0, 0.1) is 0 Å². The Hall–Kier alpha value is -1.85. The Morgan fingerprint density at radius 2 is 1.86 bits per heavy atom. The van der Waals surface area contributed by atoms with Crippen LogP contribution in [-0.4, -0.2) is 16.2 Å². The SMILES string of the molecule is CC(O)(CC(=O)O)c1ccc(Oc2cccc(Br)c2)cc1. The maximum absolute atomic E-state index is 10.7. The van der Waals surface area contributed by atoms with Crippen molar-refractivity contribution < 1.29 is 19.7 Å². The number of benzene rings is 2. The van der Waals surface area contributed by atoms with Crippen LogP contribution in [0.25, 0.3) is 0 Å². The Kier molecular flexibility index (Phi) is 4.65. The maximum atomic E-state index is 10.7. The van der Waals surface area contributed by atoms with Crippen molar-refractivity contribution in [3.8, 4) is 11.5 Å². The van der Waals surface area contributed by atoms with E-state index in [0.29, 0.717) is 17.1 Å². The summed E-state index contributed by atoms with van der Waals surface area (Å²) in [7, 11) is 0. The van der Waals surface area contributed by atoms with Crippen LogP contribution in [0.4, 0.5) is 0 Å². The molecular formula is C16H15BrO4. The number of ether oxygens (including phenoxy) is 1. The molecule has 0 aliphatic rings. The van der Waals surface area contributed by atoms with Gasteiger partial charge < -0.3 is 14.9 Å². The van der Waals surface area contributed by atoms with Gasteiger partial charge >= 0.3 is 5.97 Å². The molecule has 2 aromatic rings. The second-order valence-corrected chi connectivity index (χ2v) is 5.84. The van der Waals surface area contributed by atoms with Crippen LogP contribution in [-0.2, 0) is 10.4 Å². The summed E-state index contributed by atoms with van der Waals surface area (Å²) in [6.07, 6.45) is -0.348. The van der Waals surface area contributed by atoms with E-state index < -0.39 is 11.6 Å².